The first-order chi connectivity index (χ1) is 15.6. The zero-order chi connectivity index (χ0) is 22.3. The molecule has 2 aliphatic rings. The SMILES string of the molecule is Cc1cccc(-c2ccc(N3CCC[C@@H](C(=O)NCCN(C)C4CCCCC4)C3)nn2)c1. The van der Waals surface area contributed by atoms with E-state index in [0.717, 1.165) is 49.6 Å². The number of amides is 1. The second-order valence-electron chi connectivity index (χ2n) is 9.49. The largest absolute Gasteiger partial charge is 0.355 e. The lowest BCUT2D eigenvalue weighted by molar-refractivity contribution is -0.125. The summed E-state index contributed by atoms with van der Waals surface area (Å²) in [7, 11) is 2.20. The molecule has 1 aliphatic heterocycles. The molecule has 2 heterocycles. The van der Waals surface area contributed by atoms with Gasteiger partial charge in [0.1, 0.15) is 0 Å². The Morgan fingerprint density at radius 1 is 1.09 bits per heavy atom. The zero-order valence-corrected chi connectivity index (χ0v) is 19.6. The van der Waals surface area contributed by atoms with Crippen molar-refractivity contribution in [2.75, 3.05) is 38.1 Å². The van der Waals surface area contributed by atoms with E-state index in [4.69, 9.17) is 0 Å². The fourth-order valence-corrected chi connectivity index (χ4v) is 5.06. The maximum absolute atomic E-state index is 12.8. The first-order valence-electron chi connectivity index (χ1n) is 12.2. The van der Waals surface area contributed by atoms with Crippen LogP contribution in [0.15, 0.2) is 36.4 Å². The van der Waals surface area contributed by atoms with Crippen molar-refractivity contribution in [3.63, 3.8) is 0 Å². The molecular weight excluding hydrogens is 398 g/mol. The molecule has 172 valence electrons. The van der Waals surface area contributed by atoms with Crippen LogP contribution in [0.25, 0.3) is 11.3 Å². The first-order valence-corrected chi connectivity index (χ1v) is 12.2. The minimum absolute atomic E-state index is 0.0157. The predicted molar refractivity (Wildman–Crippen MR) is 130 cm³/mol. The van der Waals surface area contributed by atoms with Crippen LogP contribution >= 0.6 is 0 Å². The van der Waals surface area contributed by atoms with E-state index in [-0.39, 0.29) is 11.8 Å². The quantitative estimate of drug-likeness (QED) is 0.711. The highest BCUT2D eigenvalue weighted by Crippen LogP contribution is 2.24. The molecule has 6 heteroatoms. The van der Waals surface area contributed by atoms with Gasteiger partial charge in [-0.25, -0.2) is 0 Å². The van der Waals surface area contributed by atoms with Crippen LogP contribution in [0.5, 0.6) is 0 Å². The molecule has 1 N–H and O–H groups in total. The molecule has 0 unspecified atom stereocenters. The highest BCUT2D eigenvalue weighted by molar-refractivity contribution is 5.79. The van der Waals surface area contributed by atoms with Crippen molar-refractivity contribution in [1.29, 1.82) is 0 Å². The van der Waals surface area contributed by atoms with Gasteiger partial charge in [-0.3, -0.25) is 4.79 Å². The van der Waals surface area contributed by atoms with Crippen LogP contribution in [-0.2, 0) is 4.79 Å². The van der Waals surface area contributed by atoms with Crippen LogP contribution in [-0.4, -0.2) is 60.3 Å². The first kappa shape index (κ1) is 22.7. The lowest BCUT2D eigenvalue weighted by atomic mass is 9.94. The van der Waals surface area contributed by atoms with Crippen molar-refractivity contribution < 1.29 is 4.79 Å². The van der Waals surface area contributed by atoms with Crippen LogP contribution in [0, 0.1) is 12.8 Å². The lowest BCUT2D eigenvalue weighted by Crippen LogP contribution is -2.45. The van der Waals surface area contributed by atoms with E-state index < -0.39 is 0 Å². The summed E-state index contributed by atoms with van der Waals surface area (Å²) in [4.78, 5) is 17.4. The van der Waals surface area contributed by atoms with Gasteiger partial charge in [-0.2, -0.15) is 0 Å². The summed E-state index contributed by atoms with van der Waals surface area (Å²) in [5.41, 5.74) is 3.17. The molecule has 1 saturated carbocycles. The Bertz CT molecular complexity index is 878. The minimum atomic E-state index is 0.0157. The number of carbonyl (C=O) groups is 1. The van der Waals surface area contributed by atoms with E-state index in [0.29, 0.717) is 12.6 Å². The van der Waals surface area contributed by atoms with Crippen molar-refractivity contribution in [2.24, 2.45) is 5.92 Å². The normalized spacial score (nSPS) is 19.8. The molecule has 6 nitrogen and oxygen atoms in total. The van der Waals surface area contributed by atoms with Gasteiger partial charge >= 0.3 is 0 Å². The van der Waals surface area contributed by atoms with Crippen LogP contribution < -0.4 is 10.2 Å². The lowest BCUT2D eigenvalue weighted by Gasteiger charge is -2.33. The number of anilines is 1. The third kappa shape index (κ3) is 5.85. The Labute approximate surface area is 192 Å². The van der Waals surface area contributed by atoms with E-state index in [1.807, 2.05) is 18.2 Å². The molecule has 2 aromatic rings. The van der Waals surface area contributed by atoms with Crippen LogP contribution in [0.2, 0.25) is 0 Å². The third-order valence-corrected chi connectivity index (χ3v) is 7.04. The standard InChI is InChI=1S/C26H37N5O/c1-20-8-6-9-21(18-20)24-13-14-25(29-28-24)31-16-7-10-22(19-31)26(32)27-15-17-30(2)23-11-4-3-5-12-23/h6,8-9,13-14,18,22-23H,3-5,7,10-12,15-17,19H2,1-2H3,(H,27,32)/t22-/m1/s1. The summed E-state index contributed by atoms with van der Waals surface area (Å²) in [6.07, 6.45) is 8.59. The van der Waals surface area contributed by atoms with Crippen LogP contribution in [0.4, 0.5) is 5.82 Å². The van der Waals surface area contributed by atoms with E-state index in [1.54, 1.807) is 0 Å². The van der Waals surface area contributed by atoms with Gasteiger partial charge in [0.2, 0.25) is 5.91 Å². The Morgan fingerprint density at radius 3 is 2.69 bits per heavy atom. The van der Waals surface area contributed by atoms with Crippen molar-refractivity contribution in [2.45, 2.75) is 57.9 Å². The monoisotopic (exact) mass is 435 g/mol. The Kier molecular flexibility index (Phi) is 7.74. The number of likely N-dealkylation sites (N-methyl/N-ethyl adjacent to an activating group) is 1. The Hall–Kier alpha value is -2.47. The smallest absolute Gasteiger partial charge is 0.224 e. The van der Waals surface area contributed by atoms with Crippen LogP contribution in [0.1, 0.15) is 50.5 Å². The Morgan fingerprint density at radius 2 is 1.94 bits per heavy atom. The average Bonchev–Trinajstić information content (AvgIpc) is 2.84. The second-order valence-corrected chi connectivity index (χ2v) is 9.49. The number of aryl methyl sites for hydroxylation is 1. The highest BCUT2D eigenvalue weighted by Gasteiger charge is 2.27. The number of hydrogen-bond donors (Lipinski definition) is 1. The predicted octanol–water partition coefficient (Wildman–Crippen LogP) is 4.05. The average molecular weight is 436 g/mol. The molecule has 1 saturated heterocycles. The van der Waals surface area contributed by atoms with Gasteiger partial charge in [0, 0.05) is 37.8 Å². The fraction of sp³-hybridized carbons (Fsp3) is 0.577. The number of nitrogens with zero attached hydrogens (tertiary/aromatic N) is 4. The summed E-state index contributed by atoms with van der Waals surface area (Å²) in [6, 6.07) is 13.1. The molecule has 1 aromatic carbocycles. The van der Waals surface area contributed by atoms with E-state index in [9.17, 15) is 4.79 Å². The highest BCUT2D eigenvalue weighted by atomic mass is 16.1. The molecule has 4 rings (SSSR count). The maximum Gasteiger partial charge on any atom is 0.224 e. The summed E-state index contributed by atoms with van der Waals surface area (Å²) >= 11 is 0. The summed E-state index contributed by atoms with van der Waals surface area (Å²) in [5.74, 6) is 1.05. The van der Waals surface area contributed by atoms with Gasteiger partial charge < -0.3 is 15.1 Å². The van der Waals surface area contributed by atoms with Gasteiger partial charge in [0.25, 0.3) is 0 Å². The van der Waals surface area contributed by atoms with Crippen LogP contribution in [0.3, 0.4) is 0 Å². The van der Waals surface area contributed by atoms with E-state index >= 15 is 0 Å². The molecule has 0 bridgehead atoms. The molecule has 1 atom stereocenters. The molecule has 32 heavy (non-hydrogen) atoms. The minimum Gasteiger partial charge on any atom is -0.355 e. The molecule has 0 spiro atoms. The topological polar surface area (TPSA) is 61.4 Å². The van der Waals surface area contributed by atoms with Crippen molar-refractivity contribution in [1.82, 2.24) is 20.4 Å². The summed E-state index contributed by atoms with van der Waals surface area (Å²) in [5, 5.41) is 12.1. The number of rotatable bonds is 7. The van der Waals surface area contributed by atoms with Crippen molar-refractivity contribution in [3.05, 3.63) is 42.0 Å². The van der Waals surface area contributed by atoms with Gasteiger partial charge in [0.15, 0.2) is 5.82 Å². The number of aromatic nitrogens is 2. The van der Waals surface area contributed by atoms with Gasteiger partial charge in [-0.05, 0) is 57.9 Å². The number of hydrogen-bond acceptors (Lipinski definition) is 5. The molecule has 1 aliphatic carbocycles. The molecule has 2 fully saturated rings. The third-order valence-electron chi connectivity index (χ3n) is 7.04. The molecular formula is C26H37N5O. The van der Waals surface area contributed by atoms with Crippen molar-refractivity contribution >= 4 is 11.7 Å². The van der Waals surface area contributed by atoms with Gasteiger partial charge in [-0.1, -0.05) is 43.0 Å². The second kappa shape index (κ2) is 10.9. The number of nitrogens with one attached hydrogen (secondary N) is 1. The van der Waals surface area contributed by atoms with E-state index in [2.05, 4.69) is 57.5 Å². The molecule has 1 aromatic heterocycles. The maximum atomic E-state index is 12.8. The number of carbonyl (C=O) groups excluding carboxylic acids is 1. The van der Waals surface area contributed by atoms with E-state index in [1.165, 1.54) is 37.7 Å². The number of piperidine rings is 1. The van der Waals surface area contributed by atoms with Gasteiger partial charge in [-0.15, -0.1) is 10.2 Å². The fourth-order valence-electron chi connectivity index (χ4n) is 5.06. The summed E-state index contributed by atoms with van der Waals surface area (Å²) in [6.45, 7) is 5.37. The zero-order valence-electron chi connectivity index (χ0n) is 19.6. The number of benzene rings is 1. The molecule has 0 radical (unpaired) electrons. The van der Waals surface area contributed by atoms with Gasteiger partial charge in [0.05, 0.1) is 11.6 Å². The summed E-state index contributed by atoms with van der Waals surface area (Å²) < 4.78 is 0. The Balaban J connectivity index is 1.27. The van der Waals surface area contributed by atoms with Crippen molar-refractivity contribution in [3.8, 4) is 11.3 Å². The molecule has 1 amide bonds.